The zero-order chi connectivity index (χ0) is 19.1. The Kier molecular flexibility index (Phi) is 4.43. The van der Waals surface area contributed by atoms with Crippen molar-refractivity contribution in [3.05, 3.63) is 35.2 Å². The lowest BCUT2D eigenvalue weighted by Crippen LogP contribution is -2.29. The van der Waals surface area contributed by atoms with E-state index in [4.69, 9.17) is 0 Å². The molecule has 1 saturated heterocycles. The molecule has 0 aliphatic carbocycles. The summed E-state index contributed by atoms with van der Waals surface area (Å²) in [4.78, 5) is 29.3. The third-order valence-corrected chi connectivity index (χ3v) is 4.35. The minimum absolute atomic E-state index is 0.0320. The third kappa shape index (κ3) is 3.39. The highest BCUT2D eigenvalue weighted by Crippen LogP contribution is 2.30. The van der Waals surface area contributed by atoms with Crippen LogP contribution < -0.4 is 10.2 Å². The Balaban J connectivity index is 1.71. The fourth-order valence-electron chi connectivity index (χ4n) is 2.80. The van der Waals surface area contributed by atoms with Gasteiger partial charge in [-0.2, -0.15) is 18.2 Å². The Labute approximate surface area is 146 Å². The van der Waals surface area contributed by atoms with Crippen LogP contribution in [0.5, 0.6) is 0 Å². The van der Waals surface area contributed by atoms with Gasteiger partial charge in [0.15, 0.2) is 0 Å². The number of H-pyrrole nitrogens is 1. The number of alkyl halides is 3. The SMILES string of the molecule is Cc1cccc(N2C[C@H](C(=O)Nc3n[nH]c(C(F)(F)F)n3)CC2=O)c1C. The van der Waals surface area contributed by atoms with Gasteiger partial charge in [-0.25, -0.2) is 0 Å². The molecule has 0 spiro atoms. The quantitative estimate of drug-likeness (QED) is 0.872. The average Bonchev–Trinajstić information content (AvgIpc) is 3.17. The summed E-state index contributed by atoms with van der Waals surface area (Å²) in [6, 6.07) is 5.54. The van der Waals surface area contributed by atoms with Gasteiger partial charge in [0.05, 0.1) is 5.92 Å². The molecular weight excluding hydrogens is 351 g/mol. The highest BCUT2D eigenvalue weighted by Gasteiger charge is 2.38. The van der Waals surface area contributed by atoms with Gasteiger partial charge >= 0.3 is 6.18 Å². The first-order chi connectivity index (χ1) is 12.2. The van der Waals surface area contributed by atoms with E-state index in [1.807, 2.05) is 26.0 Å². The molecule has 2 heterocycles. The molecular formula is C16H16F3N5O2. The van der Waals surface area contributed by atoms with Gasteiger partial charge in [0.2, 0.25) is 23.6 Å². The molecule has 1 aliphatic heterocycles. The van der Waals surface area contributed by atoms with Gasteiger partial charge in [0, 0.05) is 18.7 Å². The van der Waals surface area contributed by atoms with E-state index < -0.39 is 29.8 Å². The number of nitrogens with one attached hydrogen (secondary N) is 2. The number of nitrogens with zero attached hydrogens (tertiary/aromatic N) is 3. The maximum Gasteiger partial charge on any atom is 0.451 e. The van der Waals surface area contributed by atoms with E-state index >= 15 is 0 Å². The molecule has 7 nitrogen and oxygen atoms in total. The molecule has 3 rings (SSSR count). The van der Waals surface area contributed by atoms with Crippen LogP contribution in [0.2, 0.25) is 0 Å². The standard InChI is InChI=1S/C16H16F3N5O2/c1-8-4-3-5-11(9(8)2)24-7-10(6-12(24)25)13(26)20-15-21-14(22-23-15)16(17,18)19/h3-5,10H,6-7H2,1-2H3,(H2,20,21,22,23,26)/t10-/m1/s1. The minimum Gasteiger partial charge on any atom is -0.311 e. The fraction of sp³-hybridized carbons (Fsp3) is 0.375. The highest BCUT2D eigenvalue weighted by atomic mass is 19.4. The van der Waals surface area contributed by atoms with Gasteiger partial charge in [0.25, 0.3) is 0 Å². The normalized spacial score (nSPS) is 17.7. The first-order valence-electron chi connectivity index (χ1n) is 7.84. The van der Waals surface area contributed by atoms with Crippen molar-refractivity contribution in [2.24, 2.45) is 5.92 Å². The number of rotatable bonds is 3. The largest absolute Gasteiger partial charge is 0.451 e. The second-order valence-electron chi connectivity index (χ2n) is 6.12. The van der Waals surface area contributed by atoms with Crippen LogP contribution >= 0.6 is 0 Å². The summed E-state index contributed by atoms with van der Waals surface area (Å²) in [6.07, 6.45) is -4.71. The predicted molar refractivity (Wildman–Crippen MR) is 86.4 cm³/mol. The van der Waals surface area contributed by atoms with Crippen LogP contribution in [0.15, 0.2) is 18.2 Å². The summed E-state index contributed by atoms with van der Waals surface area (Å²) in [7, 11) is 0. The lowest BCUT2D eigenvalue weighted by Gasteiger charge is -2.20. The van der Waals surface area contributed by atoms with Crippen molar-refractivity contribution in [3.63, 3.8) is 0 Å². The van der Waals surface area contributed by atoms with E-state index in [-0.39, 0.29) is 18.9 Å². The number of carbonyl (C=O) groups is 2. The Morgan fingerprint density at radius 1 is 1.35 bits per heavy atom. The van der Waals surface area contributed by atoms with E-state index in [1.54, 1.807) is 11.2 Å². The van der Waals surface area contributed by atoms with Crippen molar-refractivity contribution >= 4 is 23.5 Å². The second-order valence-corrected chi connectivity index (χ2v) is 6.12. The number of hydrogen-bond acceptors (Lipinski definition) is 4. The second kappa shape index (κ2) is 6.43. The molecule has 2 N–H and O–H groups in total. The molecule has 10 heteroatoms. The van der Waals surface area contributed by atoms with Crippen LogP contribution in [-0.4, -0.2) is 33.5 Å². The minimum atomic E-state index is -4.68. The van der Waals surface area contributed by atoms with Gasteiger partial charge in [-0.1, -0.05) is 12.1 Å². The van der Waals surface area contributed by atoms with E-state index in [0.717, 1.165) is 16.8 Å². The summed E-state index contributed by atoms with van der Waals surface area (Å²) >= 11 is 0. The zero-order valence-electron chi connectivity index (χ0n) is 14.0. The average molecular weight is 367 g/mol. The van der Waals surface area contributed by atoms with Gasteiger partial charge in [-0.3, -0.25) is 20.0 Å². The number of carbonyl (C=O) groups excluding carboxylic acids is 2. The van der Waals surface area contributed by atoms with Gasteiger partial charge in [-0.15, -0.1) is 5.10 Å². The molecule has 1 atom stereocenters. The van der Waals surface area contributed by atoms with Gasteiger partial charge < -0.3 is 4.90 Å². The van der Waals surface area contributed by atoms with Crippen LogP contribution in [0.3, 0.4) is 0 Å². The smallest absolute Gasteiger partial charge is 0.311 e. The van der Waals surface area contributed by atoms with Crippen molar-refractivity contribution in [1.29, 1.82) is 0 Å². The number of anilines is 2. The molecule has 1 aliphatic rings. The first-order valence-corrected chi connectivity index (χ1v) is 7.84. The molecule has 0 bridgehead atoms. The van der Waals surface area contributed by atoms with Crippen molar-refractivity contribution in [2.45, 2.75) is 26.4 Å². The molecule has 0 unspecified atom stereocenters. The summed E-state index contributed by atoms with van der Waals surface area (Å²) in [5, 5.41) is 7.27. The Bertz CT molecular complexity index is 862. The highest BCUT2D eigenvalue weighted by molar-refractivity contribution is 6.03. The molecule has 0 saturated carbocycles. The Morgan fingerprint density at radius 2 is 2.08 bits per heavy atom. The topological polar surface area (TPSA) is 91.0 Å². The van der Waals surface area contributed by atoms with Crippen molar-refractivity contribution in [1.82, 2.24) is 15.2 Å². The summed E-state index contributed by atoms with van der Waals surface area (Å²) in [5.74, 6) is -3.29. The summed E-state index contributed by atoms with van der Waals surface area (Å²) < 4.78 is 37.5. The number of aromatic nitrogens is 3. The molecule has 2 amide bonds. The van der Waals surface area contributed by atoms with Gasteiger partial charge in [0.1, 0.15) is 0 Å². The summed E-state index contributed by atoms with van der Waals surface area (Å²) in [6.45, 7) is 3.95. The molecule has 1 aromatic carbocycles. The van der Waals surface area contributed by atoms with Crippen LogP contribution in [-0.2, 0) is 15.8 Å². The molecule has 1 aromatic heterocycles. The number of benzene rings is 1. The number of halogens is 3. The Hall–Kier alpha value is -2.91. The predicted octanol–water partition coefficient (Wildman–Crippen LogP) is 2.43. The lowest BCUT2D eigenvalue weighted by atomic mass is 10.1. The number of aromatic amines is 1. The number of hydrogen-bond donors (Lipinski definition) is 2. The molecule has 0 radical (unpaired) electrons. The van der Waals surface area contributed by atoms with E-state index in [1.165, 1.54) is 4.90 Å². The first kappa shape index (κ1) is 17.9. The zero-order valence-corrected chi connectivity index (χ0v) is 14.0. The van der Waals surface area contributed by atoms with Crippen LogP contribution in [0, 0.1) is 19.8 Å². The number of aryl methyl sites for hydroxylation is 1. The molecule has 138 valence electrons. The van der Waals surface area contributed by atoms with E-state index in [0.29, 0.717) is 0 Å². The van der Waals surface area contributed by atoms with Gasteiger partial charge in [-0.05, 0) is 31.0 Å². The maximum atomic E-state index is 12.5. The summed E-state index contributed by atoms with van der Waals surface area (Å²) in [5.41, 5.74) is 2.68. The third-order valence-electron chi connectivity index (χ3n) is 4.35. The Morgan fingerprint density at radius 3 is 2.73 bits per heavy atom. The van der Waals surface area contributed by atoms with Crippen molar-refractivity contribution < 1.29 is 22.8 Å². The fourth-order valence-corrected chi connectivity index (χ4v) is 2.80. The molecule has 2 aromatic rings. The van der Waals surface area contributed by atoms with Crippen molar-refractivity contribution in [2.75, 3.05) is 16.8 Å². The monoisotopic (exact) mass is 367 g/mol. The van der Waals surface area contributed by atoms with Crippen molar-refractivity contribution in [3.8, 4) is 0 Å². The van der Waals surface area contributed by atoms with Crippen LogP contribution in [0.1, 0.15) is 23.4 Å². The molecule has 26 heavy (non-hydrogen) atoms. The van der Waals surface area contributed by atoms with E-state index in [9.17, 15) is 22.8 Å². The molecule has 1 fully saturated rings. The van der Waals surface area contributed by atoms with E-state index in [2.05, 4.69) is 15.4 Å². The lowest BCUT2D eigenvalue weighted by molar-refractivity contribution is -0.144. The van der Waals surface area contributed by atoms with Crippen LogP contribution in [0.25, 0.3) is 0 Å². The maximum absolute atomic E-state index is 12.5. The van der Waals surface area contributed by atoms with Crippen LogP contribution in [0.4, 0.5) is 24.8 Å². The number of amides is 2.